The molecule has 0 aromatic heterocycles. The summed E-state index contributed by atoms with van der Waals surface area (Å²) >= 11 is 0. The van der Waals surface area contributed by atoms with Gasteiger partial charge < -0.3 is 9.47 Å². The summed E-state index contributed by atoms with van der Waals surface area (Å²) < 4.78 is 40.3. The van der Waals surface area contributed by atoms with Crippen molar-refractivity contribution in [3.05, 3.63) is 28.3 Å². The quantitative estimate of drug-likeness (QED) is 0.425. The van der Waals surface area contributed by atoms with E-state index in [1.54, 1.807) is 6.92 Å². The Morgan fingerprint density at radius 1 is 1.39 bits per heavy atom. The first-order valence-corrected chi connectivity index (χ1v) is 8.81. The Kier molecular flexibility index (Phi) is 5.91. The average molecular weight is 345 g/mol. The Morgan fingerprint density at radius 2 is 2.17 bits per heavy atom. The maximum Gasteiger partial charge on any atom is 0.300 e. The van der Waals surface area contributed by atoms with Crippen LogP contribution in [-0.2, 0) is 19.0 Å². The largest absolute Gasteiger partial charge is 0.463 e. The minimum Gasteiger partial charge on any atom is -0.463 e. The lowest BCUT2D eigenvalue weighted by atomic mass is 10.2. The Labute approximate surface area is 134 Å². The Hall–Kier alpha value is -1.71. The number of ether oxygens (including phenoxy) is 2. The van der Waals surface area contributed by atoms with Crippen LogP contribution in [0.4, 0.5) is 5.69 Å². The van der Waals surface area contributed by atoms with Crippen LogP contribution in [0.15, 0.2) is 23.1 Å². The second-order valence-electron chi connectivity index (χ2n) is 5.08. The van der Waals surface area contributed by atoms with E-state index in [2.05, 4.69) is 0 Å². The maximum atomic E-state index is 12.2. The zero-order chi connectivity index (χ0) is 16.9. The van der Waals surface area contributed by atoms with Crippen LogP contribution in [0.3, 0.4) is 0 Å². The number of nitro groups is 1. The summed E-state index contributed by atoms with van der Waals surface area (Å²) in [7, 11) is -4.05. The molecule has 1 aliphatic rings. The summed E-state index contributed by atoms with van der Waals surface area (Å²) in [6.45, 7) is 2.31. The van der Waals surface area contributed by atoms with Gasteiger partial charge in [0.25, 0.3) is 5.69 Å². The predicted octanol–water partition coefficient (Wildman–Crippen LogP) is 2.62. The van der Waals surface area contributed by atoms with Crippen molar-refractivity contribution in [3.8, 4) is 5.75 Å². The molecule has 8 nitrogen and oxygen atoms in total. The van der Waals surface area contributed by atoms with E-state index in [4.69, 9.17) is 13.7 Å². The van der Waals surface area contributed by atoms with E-state index in [1.807, 2.05) is 0 Å². The molecule has 0 N–H and O–H groups in total. The molecule has 23 heavy (non-hydrogen) atoms. The lowest BCUT2D eigenvalue weighted by molar-refractivity contribution is -0.385. The third-order valence-corrected chi connectivity index (χ3v) is 4.60. The minimum atomic E-state index is -4.05. The van der Waals surface area contributed by atoms with Gasteiger partial charge in [0.1, 0.15) is 4.90 Å². The van der Waals surface area contributed by atoms with Crippen LogP contribution in [0.2, 0.25) is 0 Å². The zero-order valence-electron chi connectivity index (χ0n) is 12.8. The van der Waals surface area contributed by atoms with Crippen LogP contribution in [-0.4, -0.2) is 32.8 Å². The third kappa shape index (κ3) is 4.63. The van der Waals surface area contributed by atoms with Crippen molar-refractivity contribution in [1.29, 1.82) is 0 Å². The number of non-ortho nitro benzene ring substituents is 1. The molecule has 1 aromatic carbocycles. The number of nitrogens with zero attached hydrogens (tertiary/aromatic N) is 1. The highest BCUT2D eigenvalue weighted by molar-refractivity contribution is 7.86. The average Bonchev–Trinajstić information content (AvgIpc) is 2.53. The highest BCUT2D eigenvalue weighted by Crippen LogP contribution is 2.32. The van der Waals surface area contributed by atoms with E-state index < -0.39 is 21.3 Å². The Balaban J connectivity index is 2.34. The number of hydrogen-bond acceptors (Lipinski definition) is 7. The smallest absolute Gasteiger partial charge is 0.300 e. The number of nitro benzene ring substituents is 1. The lowest BCUT2D eigenvalue weighted by Gasteiger charge is -2.24. The fraction of sp³-hybridized carbons (Fsp3) is 0.571. The first-order chi connectivity index (χ1) is 10.9. The highest BCUT2D eigenvalue weighted by Gasteiger charge is 2.26. The summed E-state index contributed by atoms with van der Waals surface area (Å²) in [6.07, 6.45) is 2.28. The Bertz CT molecular complexity index is 653. The predicted molar refractivity (Wildman–Crippen MR) is 80.7 cm³/mol. The van der Waals surface area contributed by atoms with Gasteiger partial charge in [0.05, 0.1) is 24.2 Å². The molecule has 9 heteroatoms. The number of benzene rings is 1. The monoisotopic (exact) mass is 345 g/mol. The van der Waals surface area contributed by atoms with Gasteiger partial charge in [0.15, 0.2) is 12.0 Å². The van der Waals surface area contributed by atoms with Gasteiger partial charge in [0.2, 0.25) is 0 Å². The van der Waals surface area contributed by atoms with Crippen LogP contribution in [0.25, 0.3) is 0 Å². The molecule has 1 atom stereocenters. The van der Waals surface area contributed by atoms with Crippen molar-refractivity contribution in [1.82, 2.24) is 0 Å². The van der Waals surface area contributed by atoms with Crippen LogP contribution < -0.4 is 4.74 Å². The second kappa shape index (κ2) is 7.71. The van der Waals surface area contributed by atoms with Crippen molar-refractivity contribution >= 4 is 15.8 Å². The van der Waals surface area contributed by atoms with Crippen molar-refractivity contribution in [2.45, 2.75) is 43.8 Å². The van der Waals surface area contributed by atoms with E-state index in [9.17, 15) is 18.5 Å². The zero-order valence-corrected chi connectivity index (χ0v) is 13.6. The van der Waals surface area contributed by atoms with E-state index in [0.29, 0.717) is 19.4 Å². The molecule has 1 aromatic rings. The summed E-state index contributed by atoms with van der Waals surface area (Å²) in [6, 6.07) is 3.32. The van der Waals surface area contributed by atoms with Crippen molar-refractivity contribution in [2.24, 2.45) is 0 Å². The fourth-order valence-electron chi connectivity index (χ4n) is 2.11. The van der Waals surface area contributed by atoms with Crippen LogP contribution in [0, 0.1) is 10.1 Å². The van der Waals surface area contributed by atoms with Crippen molar-refractivity contribution in [2.75, 3.05) is 13.2 Å². The van der Waals surface area contributed by atoms with Gasteiger partial charge in [-0.25, -0.2) is 0 Å². The molecular formula is C14H19NO7S. The van der Waals surface area contributed by atoms with E-state index in [-0.39, 0.29) is 22.9 Å². The molecule has 0 aliphatic carbocycles. The van der Waals surface area contributed by atoms with Crippen LogP contribution in [0.5, 0.6) is 5.75 Å². The molecule has 0 bridgehead atoms. The molecule has 0 spiro atoms. The van der Waals surface area contributed by atoms with Crippen molar-refractivity contribution < 1.29 is 27.0 Å². The molecule has 1 aliphatic heterocycles. The highest BCUT2D eigenvalue weighted by atomic mass is 32.2. The first kappa shape index (κ1) is 17.6. The summed E-state index contributed by atoms with van der Waals surface area (Å²) in [5.41, 5.74) is -0.259. The Morgan fingerprint density at radius 3 is 2.78 bits per heavy atom. The minimum absolute atomic E-state index is 0.0265. The molecule has 0 saturated carbocycles. The summed E-state index contributed by atoms with van der Waals surface area (Å²) in [5.74, 6) is -0.123. The molecule has 0 amide bonds. The summed E-state index contributed by atoms with van der Waals surface area (Å²) in [5, 5.41) is 10.9. The van der Waals surface area contributed by atoms with Gasteiger partial charge in [0, 0.05) is 12.5 Å². The molecule has 128 valence electrons. The standard InChI is InChI=1S/C14H19NO7S/c1-2-8-21-23(18,19)13-7-6-11(15(16)17)10-12(13)22-14-5-3-4-9-20-14/h6-7,10,14H,2-5,8-9H2,1H3. The van der Waals surface area contributed by atoms with Gasteiger partial charge in [-0.15, -0.1) is 0 Å². The van der Waals surface area contributed by atoms with Crippen molar-refractivity contribution in [3.63, 3.8) is 0 Å². The third-order valence-electron chi connectivity index (χ3n) is 3.25. The molecule has 0 radical (unpaired) electrons. The topological polar surface area (TPSA) is 105 Å². The lowest BCUT2D eigenvalue weighted by Crippen LogP contribution is -2.26. The molecule has 1 unspecified atom stereocenters. The molecule has 1 heterocycles. The van der Waals surface area contributed by atoms with Gasteiger partial charge in [-0.3, -0.25) is 14.3 Å². The number of hydrogen-bond donors (Lipinski definition) is 0. The van der Waals surface area contributed by atoms with E-state index in [0.717, 1.165) is 31.0 Å². The van der Waals surface area contributed by atoms with Crippen LogP contribution in [0.1, 0.15) is 32.6 Å². The van der Waals surface area contributed by atoms with E-state index in [1.165, 1.54) is 0 Å². The van der Waals surface area contributed by atoms with E-state index >= 15 is 0 Å². The van der Waals surface area contributed by atoms with Gasteiger partial charge in [-0.1, -0.05) is 6.92 Å². The molecule has 1 fully saturated rings. The first-order valence-electron chi connectivity index (χ1n) is 7.40. The second-order valence-corrected chi connectivity index (χ2v) is 6.66. The van der Waals surface area contributed by atoms with Gasteiger partial charge in [-0.2, -0.15) is 8.42 Å². The summed E-state index contributed by atoms with van der Waals surface area (Å²) in [4.78, 5) is 10.1. The van der Waals surface area contributed by atoms with Crippen LogP contribution >= 0.6 is 0 Å². The normalized spacial score (nSPS) is 18.6. The maximum absolute atomic E-state index is 12.2. The number of rotatable bonds is 7. The molecule has 2 rings (SSSR count). The van der Waals surface area contributed by atoms with Gasteiger partial charge >= 0.3 is 10.1 Å². The molecule has 1 saturated heterocycles. The fourth-order valence-corrected chi connectivity index (χ4v) is 3.21. The van der Waals surface area contributed by atoms with Gasteiger partial charge in [-0.05, 0) is 25.3 Å². The molecular weight excluding hydrogens is 326 g/mol. The SMILES string of the molecule is CCCOS(=O)(=O)c1ccc([N+](=O)[O-])cc1OC1CCCCO1.